The Morgan fingerprint density at radius 2 is 1.90 bits per heavy atom. The molecule has 1 atom stereocenters. The van der Waals surface area contributed by atoms with Gasteiger partial charge < -0.3 is 9.84 Å². The molecule has 1 aliphatic rings. The smallest absolute Gasteiger partial charge is 0.325 e. The molecule has 5 heteroatoms. The number of para-hydroxylation sites is 1. The van der Waals surface area contributed by atoms with Crippen LogP contribution in [-0.4, -0.2) is 41.0 Å². The summed E-state index contributed by atoms with van der Waals surface area (Å²) < 4.78 is 5.71. The average molecular weight is 291 g/mol. The van der Waals surface area contributed by atoms with Crippen molar-refractivity contribution in [2.24, 2.45) is 5.92 Å². The summed E-state index contributed by atoms with van der Waals surface area (Å²) >= 11 is 0. The van der Waals surface area contributed by atoms with Crippen LogP contribution in [0, 0.1) is 5.92 Å². The zero-order chi connectivity index (χ0) is 15.6. The minimum Gasteiger partial charge on any atom is -0.491 e. The van der Waals surface area contributed by atoms with Gasteiger partial charge in [0.05, 0.1) is 6.10 Å². The number of benzene rings is 1. The van der Waals surface area contributed by atoms with Crippen LogP contribution in [0.4, 0.5) is 0 Å². The molecule has 1 unspecified atom stereocenters. The van der Waals surface area contributed by atoms with Crippen LogP contribution in [0.5, 0.6) is 5.75 Å². The third-order valence-electron chi connectivity index (χ3n) is 3.66. The van der Waals surface area contributed by atoms with Crippen molar-refractivity contribution in [1.29, 1.82) is 0 Å². The van der Waals surface area contributed by atoms with Crippen molar-refractivity contribution in [2.45, 2.75) is 32.9 Å². The molecule has 0 bridgehead atoms. The number of rotatable bonds is 6. The maximum absolute atomic E-state index is 11.7. The van der Waals surface area contributed by atoms with Gasteiger partial charge in [0.15, 0.2) is 0 Å². The zero-order valence-corrected chi connectivity index (χ0v) is 12.6. The Morgan fingerprint density at radius 3 is 2.43 bits per heavy atom. The fraction of sp³-hybridized carbons (Fsp3) is 0.500. The lowest BCUT2D eigenvalue weighted by Crippen LogP contribution is -2.53. The number of Topliss-reactive ketones (excluding diaryl/α,β-unsaturated/α-hetero) is 1. The number of carbonyl (C=O) groups is 2. The van der Waals surface area contributed by atoms with E-state index in [-0.39, 0.29) is 17.8 Å². The minimum atomic E-state index is -0.920. The summed E-state index contributed by atoms with van der Waals surface area (Å²) in [4.78, 5) is 24.8. The van der Waals surface area contributed by atoms with Crippen molar-refractivity contribution in [3.05, 3.63) is 29.8 Å². The standard InChI is InChI=1S/C16H21NO4/c1-10(2)21-14-7-5-4-6-13(14)15(16(19)20)17-8-12(9-17)11(3)18/h4-7,10,12,15H,8-9H2,1-3H3,(H,19,20). The molecule has 0 aliphatic carbocycles. The molecule has 1 aromatic carbocycles. The van der Waals surface area contributed by atoms with Crippen LogP contribution in [-0.2, 0) is 9.59 Å². The number of aliphatic carboxylic acids is 1. The number of hydrogen-bond acceptors (Lipinski definition) is 4. The zero-order valence-electron chi connectivity index (χ0n) is 12.6. The molecule has 1 fully saturated rings. The maximum atomic E-state index is 11.7. The van der Waals surface area contributed by atoms with E-state index in [1.165, 1.54) is 0 Å². The van der Waals surface area contributed by atoms with E-state index in [1.54, 1.807) is 30.0 Å². The molecule has 114 valence electrons. The largest absolute Gasteiger partial charge is 0.491 e. The second kappa shape index (κ2) is 6.26. The SMILES string of the molecule is CC(=O)C1CN(C(C(=O)O)c2ccccc2OC(C)C)C1. The molecule has 0 aromatic heterocycles. The first-order valence-corrected chi connectivity index (χ1v) is 7.13. The molecule has 0 spiro atoms. The Labute approximate surface area is 124 Å². The van der Waals surface area contributed by atoms with E-state index < -0.39 is 12.0 Å². The van der Waals surface area contributed by atoms with Crippen molar-refractivity contribution < 1.29 is 19.4 Å². The highest BCUT2D eigenvalue weighted by molar-refractivity contribution is 5.81. The van der Waals surface area contributed by atoms with Crippen LogP contribution < -0.4 is 4.74 Å². The Balaban J connectivity index is 2.24. The van der Waals surface area contributed by atoms with E-state index in [0.29, 0.717) is 24.4 Å². The first-order chi connectivity index (χ1) is 9.90. The average Bonchev–Trinajstić information content (AvgIpc) is 2.32. The number of carboxylic acid groups (broad SMARTS) is 1. The van der Waals surface area contributed by atoms with Crippen LogP contribution in [0.25, 0.3) is 0 Å². The number of carbonyl (C=O) groups excluding carboxylic acids is 1. The van der Waals surface area contributed by atoms with Crippen LogP contribution in [0.2, 0.25) is 0 Å². The summed E-state index contributed by atoms with van der Waals surface area (Å²) in [6.45, 7) is 6.34. The third kappa shape index (κ3) is 3.42. The van der Waals surface area contributed by atoms with E-state index >= 15 is 0 Å². The van der Waals surface area contributed by atoms with Gasteiger partial charge in [0, 0.05) is 24.6 Å². The van der Waals surface area contributed by atoms with Crippen LogP contribution in [0.1, 0.15) is 32.4 Å². The Kier molecular flexibility index (Phi) is 4.63. The molecular weight excluding hydrogens is 270 g/mol. The quantitative estimate of drug-likeness (QED) is 0.869. The predicted octanol–water partition coefficient (Wildman–Crippen LogP) is 2.12. The van der Waals surface area contributed by atoms with Gasteiger partial charge in [0.2, 0.25) is 0 Å². The lowest BCUT2D eigenvalue weighted by Gasteiger charge is -2.41. The molecule has 1 saturated heterocycles. The Morgan fingerprint density at radius 1 is 1.29 bits per heavy atom. The number of carboxylic acids is 1. The van der Waals surface area contributed by atoms with Crippen molar-refractivity contribution in [3.8, 4) is 5.75 Å². The van der Waals surface area contributed by atoms with Crippen molar-refractivity contribution in [1.82, 2.24) is 4.90 Å². The van der Waals surface area contributed by atoms with Crippen LogP contribution >= 0.6 is 0 Å². The normalized spacial score (nSPS) is 17.3. The van der Waals surface area contributed by atoms with E-state index in [1.807, 2.05) is 19.9 Å². The molecule has 2 rings (SSSR count). The van der Waals surface area contributed by atoms with Crippen molar-refractivity contribution in [3.63, 3.8) is 0 Å². The number of hydrogen-bond donors (Lipinski definition) is 1. The van der Waals surface area contributed by atoms with E-state index in [9.17, 15) is 14.7 Å². The minimum absolute atomic E-state index is 0.0260. The second-order valence-electron chi connectivity index (χ2n) is 5.71. The maximum Gasteiger partial charge on any atom is 0.325 e. The lowest BCUT2D eigenvalue weighted by molar-refractivity contribution is -0.149. The topological polar surface area (TPSA) is 66.8 Å². The third-order valence-corrected chi connectivity index (χ3v) is 3.66. The van der Waals surface area contributed by atoms with Gasteiger partial charge in [-0.15, -0.1) is 0 Å². The van der Waals surface area contributed by atoms with Gasteiger partial charge in [-0.25, -0.2) is 0 Å². The van der Waals surface area contributed by atoms with Gasteiger partial charge in [0.1, 0.15) is 17.6 Å². The van der Waals surface area contributed by atoms with E-state index in [0.717, 1.165) is 0 Å². The number of likely N-dealkylation sites (tertiary alicyclic amines) is 1. The van der Waals surface area contributed by atoms with Crippen molar-refractivity contribution in [2.75, 3.05) is 13.1 Å². The first-order valence-electron chi connectivity index (χ1n) is 7.13. The summed E-state index contributed by atoms with van der Waals surface area (Å²) in [6.07, 6.45) is -0.0260. The fourth-order valence-corrected chi connectivity index (χ4v) is 2.53. The van der Waals surface area contributed by atoms with E-state index in [4.69, 9.17) is 4.74 Å². The van der Waals surface area contributed by atoms with Crippen LogP contribution in [0.15, 0.2) is 24.3 Å². The molecule has 21 heavy (non-hydrogen) atoms. The molecule has 0 radical (unpaired) electrons. The second-order valence-corrected chi connectivity index (χ2v) is 5.71. The molecule has 1 heterocycles. The molecule has 1 aromatic rings. The molecule has 0 saturated carbocycles. The fourth-order valence-electron chi connectivity index (χ4n) is 2.53. The van der Waals surface area contributed by atoms with E-state index in [2.05, 4.69) is 0 Å². The van der Waals surface area contributed by atoms with Gasteiger partial charge in [0.25, 0.3) is 0 Å². The highest BCUT2D eigenvalue weighted by Gasteiger charge is 2.40. The van der Waals surface area contributed by atoms with Gasteiger partial charge in [-0.3, -0.25) is 14.5 Å². The summed E-state index contributed by atoms with van der Waals surface area (Å²) in [5, 5.41) is 9.56. The highest BCUT2D eigenvalue weighted by Crippen LogP contribution is 2.34. The number of ether oxygens (including phenoxy) is 1. The monoisotopic (exact) mass is 291 g/mol. The van der Waals surface area contributed by atoms with Crippen LogP contribution in [0.3, 0.4) is 0 Å². The number of ketones is 1. The Hall–Kier alpha value is -1.88. The van der Waals surface area contributed by atoms with Crippen molar-refractivity contribution >= 4 is 11.8 Å². The summed E-state index contributed by atoms with van der Waals surface area (Å²) in [6, 6.07) is 6.43. The summed E-state index contributed by atoms with van der Waals surface area (Å²) in [5.74, 6) is -0.268. The number of nitrogens with zero attached hydrogens (tertiary/aromatic N) is 1. The summed E-state index contributed by atoms with van der Waals surface area (Å²) in [7, 11) is 0. The van der Waals surface area contributed by atoms with Gasteiger partial charge in [-0.05, 0) is 26.8 Å². The highest BCUT2D eigenvalue weighted by atomic mass is 16.5. The predicted molar refractivity (Wildman–Crippen MR) is 78.3 cm³/mol. The molecular formula is C16H21NO4. The first kappa shape index (κ1) is 15.5. The molecule has 5 nitrogen and oxygen atoms in total. The van der Waals surface area contributed by atoms with Gasteiger partial charge in [-0.2, -0.15) is 0 Å². The molecule has 1 aliphatic heterocycles. The lowest BCUT2D eigenvalue weighted by atomic mass is 9.91. The molecule has 0 amide bonds. The van der Waals surface area contributed by atoms with Gasteiger partial charge in [-0.1, -0.05) is 18.2 Å². The van der Waals surface area contributed by atoms with Gasteiger partial charge >= 0.3 is 5.97 Å². The molecule has 1 N–H and O–H groups in total. The summed E-state index contributed by atoms with van der Waals surface area (Å²) in [5.41, 5.74) is 0.640. The Bertz CT molecular complexity index is 535.